The molecule has 1 aromatic carbocycles. The van der Waals surface area contributed by atoms with Gasteiger partial charge in [0.15, 0.2) is 0 Å². The lowest BCUT2D eigenvalue weighted by molar-refractivity contribution is 0.395. The number of nitrogens with two attached hydrogens (primary N) is 1. The number of halogens is 1. The van der Waals surface area contributed by atoms with Crippen LogP contribution in [0.25, 0.3) is 0 Å². The molecule has 0 amide bonds. The molecule has 0 bridgehead atoms. The highest BCUT2D eigenvalue weighted by atomic mass is 32.2. The molecule has 1 fully saturated rings. The molecule has 1 unspecified atom stereocenters. The van der Waals surface area contributed by atoms with Gasteiger partial charge in [0.2, 0.25) is 10.0 Å². The minimum absolute atomic E-state index is 0.00912. The van der Waals surface area contributed by atoms with Gasteiger partial charge in [-0.2, -0.15) is 4.31 Å². The number of benzene rings is 1. The molecule has 1 heterocycles. The molecule has 17 heavy (non-hydrogen) atoms. The van der Waals surface area contributed by atoms with Crippen molar-refractivity contribution in [3.8, 4) is 0 Å². The minimum Gasteiger partial charge on any atom is -0.315 e. The molecule has 6 heteroatoms. The molecule has 0 aliphatic carbocycles. The molecular weight excluding hydrogens is 243 g/mol. The van der Waals surface area contributed by atoms with Crippen molar-refractivity contribution in [2.24, 2.45) is 5.73 Å². The Hall–Kier alpha value is -0.980. The normalized spacial score (nSPS) is 21.9. The summed E-state index contributed by atoms with van der Waals surface area (Å²) >= 11 is 0. The van der Waals surface area contributed by atoms with E-state index in [1.807, 2.05) is 0 Å². The molecular formula is C11H15FN2O2S. The Balaban J connectivity index is 2.48. The van der Waals surface area contributed by atoms with Crippen molar-refractivity contribution in [3.05, 3.63) is 29.6 Å². The average Bonchev–Trinajstić information content (AvgIpc) is 2.68. The van der Waals surface area contributed by atoms with E-state index in [4.69, 9.17) is 5.73 Å². The van der Waals surface area contributed by atoms with Crippen molar-refractivity contribution in [1.82, 2.24) is 4.31 Å². The van der Waals surface area contributed by atoms with Crippen LogP contribution in [0.2, 0.25) is 0 Å². The van der Waals surface area contributed by atoms with Crippen molar-refractivity contribution in [2.45, 2.75) is 30.8 Å². The SMILES string of the molecule is Cc1ccc(F)cc1S(=O)(=O)N1CCCC1N. The Bertz CT molecular complexity index is 530. The van der Waals surface area contributed by atoms with Gasteiger partial charge in [0, 0.05) is 6.54 Å². The van der Waals surface area contributed by atoms with E-state index in [9.17, 15) is 12.8 Å². The summed E-state index contributed by atoms with van der Waals surface area (Å²) in [5, 5.41) is 0. The summed E-state index contributed by atoms with van der Waals surface area (Å²) in [7, 11) is -3.67. The van der Waals surface area contributed by atoms with E-state index >= 15 is 0 Å². The van der Waals surface area contributed by atoms with Crippen LogP contribution in [0.1, 0.15) is 18.4 Å². The van der Waals surface area contributed by atoms with Crippen LogP contribution in [0.5, 0.6) is 0 Å². The van der Waals surface area contributed by atoms with E-state index in [0.29, 0.717) is 18.5 Å². The number of hydrogen-bond donors (Lipinski definition) is 1. The predicted octanol–water partition coefficient (Wildman–Crippen LogP) is 1.20. The molecule has 1 aliphatic heterocycles. The number of sulfonamides is 1. The highest BCUT2D eigenvalue weighted by Gasteiger charge is 2.34. The fourth-order valence-corrected chi connectivity index (χ4v) is 3.86. The molecule has 0 aromatic heterocycles. The van der Waals surface area contributed by atoms with Gasteiger partial charge in [0.05, 0.1) is 11.1 Å². The fraction of sp³-hybridized carbons (Fsp3) is 0.455. The smallest absolute Gasteiger partial charge is 0.244 e. The number of hydrogen-bond acceptors (Lipinski definition) is 3. The molecule has 2 N–H and O–H groups in total. The van der Waals surface area contributed by atoms with Crippen LogP contribution in [-0.4, -0.2) is 25.4 Å². The molecule has 0 saturated carbocycles. The highest BCUT2D eigenvalue weighted by Crippen LogP contribution is 2.26. The van der Waals surface area contributed by atoms with Gasteiger partial charge < -0.3 is 5.73 Å². The summed E-state index contributed by atoms with van der Waals surface area (Å²) in [4.78, 5) is 0.00912. The maximum Gasteiger partial charge on any atom is 0.244 e. The number of rotatable bonds is 2. The van der Waals surface area contributed by atoms with Gasteiger partial charge in [-0.3, -0.25) is 0 Å². The maximum absolute atomic E-state index is 13.1. The average molecular weight is 258 g/mol. The van der Waals surface area contributed by atoms with Crippen LogP contribution < -0.4 is 5.73 Å². The first-order valence-electron chi connectivity index (χ1n) is 5.46. The monoisotopic (exact) mass is 258 g/mol. The molecule has 1 aliphatic rings. The Morgan fingerprint density at radius 1 is 1.47 bits per heavy atom. The van der Waals surface area contributed by atoms with Gasteiger partial charge in [-0.15, -0.1) is 0 Å². The van der Waals surface area contributed by atoms with Crippen molar-refractivity contribution in [2.75, 3.05) is 6.54 Å². The fourth-order valence-electron chi connectivity index (χ4n) is 2.04. The maximum atomic E-state index is 13.1. The van der Waals surface area contributed by atoms with Gasteiger partial charge in [-0.1, -0.05) is 6.07 Å². The summed E-state index contributed by atoms with van der Waals surface area (Å²) in [6, 6.07) is 3.76. The van der Waals surface area contributed by atoms with Crippen LogP contribution in [0.3, 0.4) is 0 Å². The van der Waals surface area contributed by atoms with Crippen molar-refractivity contribution < 1.29 is 12.8 Å². The van der Waals surface area contributed by atoms with Gasteiger partial charge in [-0.25, -0.2) is 12.8 Å². The molecule has 94 valence electrons. The summed E-state index contributed by atoms with van der Waals surface area (Å²) in [6.45, 7) is 2.05. The van der Waals surface area contributed by atoms with Crippen LogP contribution in [0.15, 0.2) is 23.1 Å². The van der Waals surface area contributed by atoms with Crippen LogP contribution in [0.4, 0.5) is 4.39 Å². The summed E-state index contributed by atoms with van der Waals surface area (Å²) < 4.78 is 39.0. The molecule has 0 spiro atoms. The van der Waals surface area contributed by atoms with Crippen molar-refractivity contribution in [3.63, 3.8) is 0 Å². The van der Waals surface area contributed by atoms with Crippen molar-refractivity contribution in [1.29, 1.82) is 0 Å². The van der Waals surface area contributed by atoms with Gasteiger partial charge in [0.1, 0.15) is 5.82 Å². The number of aryl methyl sites for hydroxylation is 1. The third-order valence-corrected chi connectivity index (χ3v) is 5.05. The van der Waals surface area contributed by atoms with Crippen molar-refractivity contribution >= 4 is 10.0 Å². The topological polar surface area (TPSA) is 63.4 Å². The van der Waals surface area contributed by atoms with E-state index in [1.165, 1.54) is 16.4 Å². The Kier molecular flexibility index (Phi) is 3.20. The first-order valence-corrected chi connectivity index (χ1v) is 6.90. The molecule has 1 aromatic rings. The lowest BCUT2D eigenvalue weighted by atomic mass is 10.2. The van der Waals surface area contributed by atoms with E-state index < -0.39 is 22.0 Å². The molecule has 1 saturated heterocycles. The molecule has 4 nitrogen and oxygen atoms in total. The van der Waals surface area contributed by atoms with Crippen LogP contribution >= 0.6 is 0 Å². The summed E-state index contributed by atoms with van der Waals surface area (Å²) in [6.07, 6.45) is 0.894. The van der Waals surface area contributed by atoms with Gasteiger partial charge >= 0.3 is 0 Å². The van der Waals surface area contributed by atoms with E-state index in [2.05, 4.69) is 0 Å². The predicted molar refractivity (Wildman–Crippen MR) is 62.2 cm³/mol. The Labute approximate surface area is 100 Å². The molecule has 2 rings (SSSR count). The van der Waals surface area contributed by atoms with E-state index in [1.54, 1.807) is 6.92 Å². The summed E-state index contributed by atoms with van der Waals surface area (Å²) in [5.41, 5.74) is 6.28. The minimum atomic E-state index is -3.67. The van der Waals surface area contributed by atoms with Gasteiger partial charge in [-0.05, 0) is 37.5 Å². The highest BCUT2D eigenvalue weighted by molar-refractivity contribution is 7.89. The zero-order chi connectivity index (χ0) is 12.6. The first kappa shape index (κ1) is 12.5. The second kappa shape index (κ2) is 4.36. The van der Waals surface area contributed by atoms with Gasteiger partial charge in [0.25, 0.3) is 0 Å². The molecule has 0 radical (unpaired) electrons. The lowest BCUT2D eigenvalue weighted by Gasteiger charge is -2.21. The van der Waals surface area contributed by atoms with Crippen LogP contribution in [-0.2, 0) is 10.0 Å². The van der Waals surface area contributed by atoms with Crippen LogP contribution in [0, 0.1) is 12.7 Å². The largest absolute Gasteiger partial charge is 0.315 e. The van der Waals surface area contributed by atoms with E-state index in [-0.39, 0.29) is 4.90 Å². The molecule has 1 atom stereocenters. The summed E-state index contributed by atoms with van der Waals surface area (Å²) in [5.74, 6) is -0.554. The Morgan fingerprint density at radius 3 is 2.76 bits per heavy atom. The second-order valence-electron chi connectivity index (χ2n) is 4.24. The Morgan fingerprint density at radius 2 is 2.18 bits per heavy atom. The second-order valence-corrected chi connectivity index (χ2v) is 6.09. The third-order valence-electron chi connectivity index (χ3n) is 2.99. The zero-order valence-corrected chi connectivity index (χ0v) is 10.4. The van der Waals surface area contributed by atoms with E-state index in [0.717, 1.165) is 12.5 Å². The standard InChI is InChI=1S/C11H15FN2O2S/c1-8-4-5-9(12)7-10(8)17(15,16)14-6-2-3-11(14)13/h4-5,7,11H,2-3,6,13H2,1H3. The quantitative estimate of drug-likeness (QED) is 0.867. The lowest BCUT2D eigenvalue weighted by Crippen LogP contribution is -2.41. The zero-order valence-electron chi connectivity index (χ0n) is 9.56. The first-order chi connectivity index (χ1) is 7.93. The third kappa shape index (κ3) is 2.20. The number of nitrogens with zero attached hydrogens (tertiary/aromatic N) is 1.